The van der Waals surface area contributed by atoms with Crippen LogP contribution in [-0.4, -0.2) is 33.5 Å². The molecule has 1 aliphatic carbocycles. The number of rotatable bonds is 6. The third-order valence-corrected chi connectivity index (χ3v) is 5.72. The first-order chi connectivity index (χ1) is 11.7. The van der Waals surface area contributed by atoms with Crippen molar-refractivity contribution in [3.8, 4) is 11.3 Å². The number of hydrogen-bond donors (Lipinski definition) is 2. The highest BCUT2D eigenvalue weighted by Crippen LogP contribution is 2.28. The van der Waals surface area contributed by atoms with E-state index < -0.39 is 0 Å². The normalized spacial score (nSPS) is 16.9. The number of nitrogens with two attached hydrogens (primary N) is 1. The van der Waals surface area contributed by atoms with E-state index in [1.807, 2.05) is 18.5 Å². The van der Waals surface area contributed by atoms with Crippen LogP contribution in [-0.2, 0) is 7.05 Å². The van der Waals surface area contributed by atoms with E-state index in [0.29, 0.717) is 17.3 Å². The largest absolute Gasteiger partial charge is 0.347 e. The minimum atomic E-state index is -0.0346. The Labute approximate surface area is 146 Å². The van der Waals surface area contributed by atoms with Gasteiger partial charge in [0.15, 0.2) is 0 Å². The number of amides is 1. The van der Waals surface area contributed by atoms with Crippen LogP contribution in [0, 0.1) is 5.92 Å². The molecular formula is C17H25N5OS. The molecule has 0 aliphatic heterocycles. The van der Waals surface area contributed by atoms with Crippen molar-refractivity contribution in [1.82, 2.24) is 20.3 Å². The van der Waals surface area contributed by atoms with E-state index in [-0.39, 0.29) is 11.9 Å². The van der Waals surface area contributed by atoms with E-state index in [9.17, 15) is 4.79 Å². The molecule has 0 bridgehead atoms. The van der Waals surface area contributed by atoms with Crippen LogP contribution >= 0.6 is 11.3 Å². The lowest BCUT2D eigenvalue weighted by Gasteiger charge is -2.26. The molecule has 0 spiro atoms. The smallest absolute Gasteiger partial charge is 0.261 e. The van der Waals surface area contributed by atoms with Gasteiger partial charge in [-0.1, -0.05) is 37.3 Å². The second kappa shape index (κ2) is 7.90. The van der Waals surface area contributed by atoms with Gasteiger partial charge >= 0.3 is 0 Å². The van der Waals surface area contributed by atoms with Crippen molar-refractivity contribution in [2.24, 2.45) is 18.7 Å². The molecule has 130 valence electrons. The fourth-order valence-corrected chi connectivity index (χ4v) is 4.24. The molecule has 2 aromatic heterocycles. The number of carbonyl (C=O) groups excluding carboxylic acids is 1. The minimum absolute atomic E-state index is 0.0346. The maximum absolute atomic E-state index is 12.5. The highest BCUT2D eigenvalue weighted by Gasteiger charge is 2.21. The van der Waals surface area contributed by atoms with Crippen LogP contribution in [0.1, 0.15) is 48.2 Å². The molecule has 3 N–H and O–H groups in total. The topological polar surface area (TPSA) is 85.8 Å². The SMILES string of the molecule is Cn1nncc1-c1csc(C(=O)N[C@H](CN)CC2CCCCC2)c1. The molecular weight excluding hydrogens is 322 g/mol. The molecule has 1 amide bonds. The van der Waals surface area contributed by atoms with Crippen LogP contribution in [0.25, 0.3) is 11.3 Å². The van der Waals surface area contributed by atoms with Crippen LogP contribution in [0.5, 0.6) is 0 Å². The van der Waals surface area contributed by atoms with Gasteiger partial charge in [0.2, 0.25) is 0 Å². The Kier molecular flexibility index (Phi) is 5.63. The summed E-state index contributed by atoms with van der Waals surface area (Å²) in [5.41, 5.74) is 7.76. The summed E-state index contributed by atoms with van der Waals surface area (Å²) in [5.74, 6) is 0.666. The summed E-state index contributed by atoms with van der Waals surface area (Å²) in [4.78, 5) is 13.2. The number of carbonyl (C=O) groups is 1. The quantitative estimate of drug-likeness (QED) is 0.841. The summed E-state index contributed by atoms with van der Waals surface area (Å²) < 4.78 is 1.70. The van der Waals surface area contributed by atoms with Gasteiger partial charge < -0.3 is 11.1 Å². The van der Waals surface area contributed by atoms with E-state index in [0.717, 1.165) is 17.7 Å². The van der Waals surface area contributed by atoms with Gasteiger partial charge in [0.25, 0.3) is 5.91 Å². The molecule has 1 fully saturated rings. The third-order valence-electron chi connectivity index (χ3n) is 4.80. The van der Waals surface area contributed by atoms with Gasteiger partial charge in [0.1, 0.15) is 0 Å². The van der Waals surface area contributed by atoms with Crippen LogP contribution in [0.15, 0.2) is 17.6 Å². The molecule has 1 atom stereocenters. The zero-order valence-electron chi connectivity index (χ0n) is 14.1. The monoisotopic (exact) mass is 347 g/mol. The van der Waals surface area contributed by atoms with E-state index in [1.165, 1.54) is 43.4 Å². The van der Waals surface area contributed by atoms with Crippen LogP contribution in [0.2, 0.25) is 0 Å². The van der Waals surface area contributed by atoms with Crippen LogP contribution in [0.4, 0.5) is 0 Å². The van der Waals surface area contributed by atoms with Gasteiger partial charge in [0.05, 0.1) is 16.8 Å². The van der Waals surface area contributed by atoms with Crippen molar-refractivity contribution in [3.05, 3.63) is 22.5 Å². The van der Waals surface area contributed by atoms with Crippen molar-refractivity contribution in [2.75, 3.05) is 6.54 Å². The Bertz CT molecular complexity index is 674. The first-order valence-corrected chi connectivity index (χ1v) is 9.50. The molecule has 2 heterocycles. The first-order valence-electron chi connectivity index (χ1n) is 8.62. The van der Waals surface area contributed by atoms with Crippen LogP contribution in [0.3, 0.4) is 0 Å². The van der Waals surface area contributed by atoms with Crippen molar-refractivity contribution in [3.63, 3.8) is 0 Å². The standard InChI is InChI=1S/C17H25N5OS/c1-22-15(10-19-21-22)13-8-16(24-11-13)17(23)20-14(9-18)7-12-5-3-2-4-6-12/h8,10-12,14H,2-7,9,18H2,1H3,(H,20,23)/t14-/m0/s1. The van der Waals surface area contributed by atoms with E-state index in [4.69, 9.17) is 5.73 Å². The van der Waals surface area contributed by atoms with E-state index in [1.54, 1.807) is 10.9 Å². The lowest BCUT2D eigenvalue weighted by Crippen LogP contribution is -2.41. The van der Waals surface area contributed by atoms with Gasteiger partial charge in [-0.25, -0.2) is 4.68 Å². The molecule has 0 saturated heterocycles. The zero-order chi connectivity index (χ0) is 16.9. The maximum atomic E-state index is 12.5. The summed E-state index contributed by atoms with van der Waals surface area (Å²) in [5, 5.41) is 12.9. The number of nitrogens with one attached hydrogen (secondary N) is 1. The number of hydrogen-bond acceptors (Lipinski definition) is 5. The number of aryl methyl sites for hydroxylation is 1. The molecule has 1 aliphatic rings. The molecule has 0 unspecified atom stereocenters. The maximum Gasteiger partial charge on any atom is 0.261 e. The Morgan fingerprint density at radius 2 is 2.25 bits per heavy atom. The Balaban J connectivity index is 1.61. The van der Waals surface area contributed by atoms with Gasteiger partial charge in [-0.2, -0.15) is 0 Å². The fourth-order valence-electron chi connectivity index (χ4n) is 3.44. The van der Waals surface area contributed by atoms with Gasteiger partial charge in [-0.3, -0.25) is 4.79 Å². The predicted octanol–water partition coefficient (Wildman–Crippen LogP) is 2.57. The molecule has 0 aromatic carbocycles. The first kappa shape index (κ1) is 17.1. The Hall–Kier alpha value is -1.73. The molecule has 1 saturated carbocycles. The molecule has 7 heteroatoms. The summed E-state index contributed by atoms with van der Waals surface area (Å²) in [6, 6.07) is 1.96. The predicted molar refractivity (Wildman–Crippen MR) is 95.8 cm³/mol. The number of thiophene rings is 1. The van der Waals surface area contributed by atoms with Crippen molar-refractivity contribution < 1.29 is 4.79 Å². The molecule has 2 aromatic rings. The average Bonchev–Trinajstić information content (AvgIpc) is 3.23. The highest BCUT2D eigenvalue weighted by atomic mass is 32.1. The Morgan fingerprint density at radius 1 is 1.46 bits per heavy atom. The van der Waals surface area contributed by atoms with Crippen molar-refractivity contribution >= 4 is 17.2 Å². The average molecular weight is 347 g/mol. The summed E-state index contributed by atoms with van der Waals surface area (Å²) in [6.45, 7) is 0.492. The van der Waals surface area contributed by atoms with E-state index >= 15 is 0 Å². The fraction of sp³-hybridized carbons (Fsp3) is 0.588. The molecule has 24 heavy (non-hydrogen) atoms. The van der Waals surface area contributed by atoms with Gasteiger partial charge in [0, 0.05) is 30.6 Å². The summed E-state index contributed by atoms with van der Waals surface area (Å²) in [6.07, 6.45) is 9.19. The van der Waals surface area contributed by atoms with E-state index in [2.05, 4.69) is 15.6 Å². The minimum Gasteiger partial charge on any atom is -0.347 e. The Morgan fingerprint density at radius 3 is 2.92 bits per heavy atom. The number of aromatic nitrogens is 3. The summed E-state index contributed by atoms with van der Waals surface area (Å²) >= 11 is 1.44. The highest BCUT2D eigenvalue weighted by molar-refractivity contribution is 7.12. The molecule has 6 nitrogen and oxygen atoms in total. The lowest BCUT2D eigenvalue weighted by molar-refractivity contribution is 0.0934. The van der Waals surface area contributed by atoms with Crippen molar-refractivity contribution in [2.45, 2.75) is 44.6 Å². The second-order valence-corrected chi connectivity index (χ2v) is 7.50. The van der Waals surface area contributed by atoms with Crippen LogP contribution < -0.4 is 11.1 Å². The van der Waals surface area contributed by atoms with Gasteiger partial charge in [-0.15, -0.1) is 16.4 Å². The molecule has 0 radical (unpaired) electrons. The lowest BCUT2D eigenvalue weighted by atomic mass is 9.85. The number of nitrogens with zero attached hydrogens (tertiary/aromatic N) is 3. The van der Waals surface area contributed by atoms with Gasteiger partial charge in [-0.05, 0) is 18.4 Å². The van der Waals surface area contributed by atoms with Crippen molar-refractivity contribution in [1.29, 1.82) is 0 Å². The molecule has 3 rings (SSSR count). The summed E-state index contributed by atoms with van der Waals surface area (Å²) in [7, 11) is 1.84. The third kappa shape index (κ3) is 4.02. The second-order valence-electron chi connectivity index (χ2n) is 6.59. The zero-order valence-corrected chi connectivity index (χ0v) is 14.9.